The highest BCUT2D eigenvalue weighted by molar-refractivity contribution is 5.31. The lowest BCUT2D eigenvalue weighted by atomic mass is 9.96. The van der Waals surface area contributed by atoms with E-state index in [1.165, 1.54) is 42.4 Å². The smallest absolute Gasteiger partial charge is 0.0113 e. The van der Waals surface area contributed by atoms with E-state index >= 15 is 0 Å². The van der Waals surface area contributed by atoms with Crippen molar-refractivity contribution in [2.24, 2.45) is 23.5 Å². The third-order valence-electron chi connectivity index (χ3n) is 5.18. The molecular formula is C17H25N. The largest absolute Gasteiger partial charge is 0.327 e. The van der Waals surface area contributed by atoms with Crippen LogP contribution in [0.4, 0.5) is 0 Å². The van der Waals surface area contributed by atoms with Crippen molar-refractivity contribution in [2.45, 2.75) is 52.0 Å². The van der Waals surface area contributed by atoms with Gasteiger partial charge in [0.2, 0.25) is 0 Å². The molecular weight excluding hydrogens is 218 g/mol. The highest BCUT2D eigenvalue weighted by atomic mass is 14.7. The molecule has 0 bridgehead atoms. The van der Waals surface area contributed by atoms with E-state index in [1.807, 2.05) is 0 Å². The van der Waals surface area contributed by atoms with Crippen LogP contribution in [0.25, 0.3) is 0 Å². The molecule has 0 aromatic heterocycles. The van der Waals surface area contributed by atoms with Crippen LogP contribution in [-0.2, 0) is 6.42 Å². The third kappa shape index (κ3) is 2.21. The van der Waals surface area contributed by atoms with Gasteiger partial charge in [-0.3, -0.25) is 0 Å². The van der Waals surface area contributed by atoms with Gasteiger partial charge in [0, 0.05) is 6.04 Å². The topological polar surface area (TPSA) is 26.0 Å². The lowest BCUT2D eigenvalue weighted by Gasteiger charge is -2.14. The summed E-state index contributed by atoms with van der Waals surface area (Å²) < 4.78 is 0. The zero-order valence-corrected chi connectivity index (χ0v) is 11.7. The van der Waals surface area contributed by atoms with Crippen molar-refractivity contribution >= 4 is 0 Å². The minimum absolute atomic E-state index is 0.388. The van der Waals surface area contributed by atoms with Crippen LogP contribution >= 0.6 is 0 Å². The number of hydrogen-bond acceptors (Lipinski definition) is 1. The molecule has 1 aromatic carbocycles. The Kier molecular flexibility index (Phi) is 3.19. The first-order valence-corrected chi connectivity index (χ1v) is 7.48. The van der Waals surface area contributed by atoms with Gasteiger partial charge >= 0.3 is 0 Å². The van der Waals surface area contributed by atoms with Crippen molar-refractivity contribution in [3.63, 3.8) is 0 Å². The second kappa shape index (κ2) is 4.70. The van der Waals surface area contributed by atoms with Gasteiger partial charge in [0.1, 0.15) is 0 Å². The lowest BCUT2D eigenvalue weighted by Crippen LogP contribution is -2.27. The van der Waals surface area contributed by atoms with Crippen molar-refractivity contribution in [3.05, 3.63) is 34.9 Å². The average Bonchev–Trinajstić information content (AvgIpc) is 3.08. The predicted octanol–water partition coefficient (Wildman–Crippen LogP) is 3.61. The zero-order valence-electron chi connectivity index (χ0n) is 11.7. The monoisotopic (exact) mass is 243 g/mol. The third-order valence-corrected chi connectivity index (χ3v) is 5.18. The Morgan fingerprint density at radius 3 is 2.50 bits per heavy atom. The van der Waals surface area contributed by atoms with E-state index in [0.717, 1.165) is 24.2 Å². The van der Waals surface area contributed by atoms with E-state index in [9.17, 15) is 0 Å². The Morgan fingerprint density at radius 1 is 1.17 bits per heavy atom. The van der Waals surface area contributed by atoms with Gasteiger partial charge in [0.15, 0.2) is 0 Å². The predicted molar refractivity (Wildman–Crippen MR) is 76.5 cm³/mol. The van der Waals surface area contributed by atoms with Gasteiger partial charge in [-0.25, -0.2) is 0 Å². The number of rotatable bonds is 3. The van der Waals surface area contributed by atoms with Crippen LogP contribution in [0.15, 0.2) is 18.2 Å². The van der Waals surface area contributed by atoms with Crippen molar-refractivity contribution in [1.82, 2.24) is 0 Å². The number of aryl methyl sites for hydroxylation is 2. The first-order chi connectivity index (χ1) is 8.66. The van der Waals surface area contributed by atoms with Gasteiger partial charge < -0.3 is 5.73 Å². The van der Waals surface area contributed by atoms with Crippen molar-refractivity contribution in [1.29, 1.82) is 0 Å². The van der Waals surface area contributed by atoms with E-state index in [4.69, 9.17) is 5.73 Å². The summed E-state index contributed by atoms with van der Waals surface area (Å²) in [5.74, 6) is 2.77. The number of hydrogen-bond donors (Lipinski definition) is 1. The number of fused-ring (bicyclic) bond motifs is 1. The van der Waals surface area contributed by atoms with Gasteiger partial charge in [-0.1, -0.05) is 36.6 Å². The van der Waals surface area contributed by atoms with E-state index in [0.29, 0.717) is 6.04 Å². The van der Waals surface area contributed by atoms with Crippen molar-refractivity contribution < 1.29 is 0 Å². The van der Waals surface area contributed by atoms with Crippen molar-refractivity contribution in [3.8, 4) is 0 Å². The van der Waals surface area contributed by atoms with E-state index in [-0.39, 0.29) is 0 Å². The normalized spacial score (nSPS) is 31.8. The van der Waals surface area contributed by atoms with Crippen LogP contribution in [0, 0.1) is 31.6 Å². The summed E-state index contributed by atoms with van der Waals surface area (Å²) in [6.07, 6.45) is 6.83. The Labute approximate surface area is 111 Å². The molecule has 1 heteroatoms. The zero-order chi connectivity index (χ0) is 12.7. The number of nitrogens with two attached hydrogens (primary N) is 1. The molecule has 98 valence electrons. The summed E-state index contributed by atoms with van der Waals surface area (Å²) in [5, 5.41) is 0. The molecule has 1 aromatic rings. The summed E-state index contributed by atoms with van der Waals surface area (Å²) in [6.45, 7) is 4.38. The standard InChI is InChI=1S/C17H25N/c1-11-7-8-12(2)13(9-11)10-16(18)17-14-5-3-4-6-15(14)17/h7-9,14-17H,3-6,10,18H2,1-2H3. The molecule has 0 heterocycles. The van der Waals surface area contributed by atoms with E-state index < -0.39 is 0 Å². The maximum Gasteiger partial charge on any atom is 0.0113 e. The lowest BCUT2D eigenvalue weighted by molar-refractivity contribution is 0.480. The first-order valence-electron chi connectivity index (χ1n) is 7.48. The molecule has 1 nitrogen and oxygen atoms in total. The molecule has 2 N–H and O–H groups in total. The summed E-state index contributed by atoms with van der Waals surface area (Å²) in [6, 6.07) is 7.14. The van der Waals surface area contributed by atoms with Crippen molar-refractivity contribution in [2.75, 3.05) is 0 Å². The quantitative estimate of drug-likeness (QED) is 0.862. The van der Waals surface area contributed by atoms with Crippen LogP contribution in [0.5, 0.6) is 0 Å². The highest BCUT2D eigenvalue weighted by Crippen LogP contribution is 2.56. The SMILES string of the molecule is Cc1ccc(C)c(CC(N)C2C3CCCCC32)c1. The summed E-state index contributed by atoms with van der Waals surface area (Å²) in [4.78, 5) is 0. The summed E-state index contributed by atoms with van der Waals surface area (Å²) >= 11 is 0. The van der Waals surface area contributed by atoms with E-state index in [1.54, 1.807) is 0 Å². The molecule has 3 atom stereocenters. The average molecular weight is 243 g/mol. The van der Waals surface area contributed by atoms with Gasteiger partial charge in [0.05, 0.1) is 0 Å². The Hall–Kier alpha value is -0.820. The molecule has 0 aliphatic heterocycles. The van der Waals surface area contributed by atoms with Gasteiger partial charge in [-0.05, 0) is 62.0 Å². The fourth-order valence-electron chi connectivity index (χ4n) is 4.09. The fraction of sp³-hybridized carbons (Fsp3) is 0.647. The van der Waals surface area contributed by atoms with Gasteiger partial charge in [0.25, 0.3) is 0 Å². The Morgan fingerprint density at radius 2 is 1.83 bits per heavy atom. The van der Waals surface area contributed by atoms with Crippen LogP contribution < -0.4 is 5.73 Å². The molecule has 0 saturated heterocycles. The molecule has 0 radical (unpaired) electrons. The molecule has 2 aliphatic carbocycles. The molecule has 3 unspecified atom stereocenters. The highest BCUT2D eigenvalue weighted by Gasteiger charge is 2.52. The van der Waals surface area contributed by atoms with Crippen LogP contribution in [0.1, 0.15) is 42.4 Å². The minimum atomic E-state index is 0.388. The molecule has 2 aliphatic rings. The van der Waals surface area contributed by atoms with Crippen LogP contribution in [0.3, 0.4) is 0 Å². The first kappa shape index (κ1) is 12.2. The Bertz CT molecular complexity index is 425. The summed E-state index contributed by atoms with van der Waals surface area (Å²) in [5.41, 5.74) is 10.7. The minimum Gasteiger partial charge on any atom is -0.327 e. The Balaban J connectivity index is 1.67. The fourth-order valence-corrected chi connectivity index (χ4v) is 4.09. The molecule has 2 saturated carbocycles. The molecule has 2 fully saturated rings. The van der Waals surface area contributed by atoms with Gasteiger partial charge in [-0.2, -0.15) is 0 Å². The maximum absolute atomic E-state index is 6.49. The second-order valence-corrected chi connectivity index (χ2v) is 6.49. The van der Waals surface area contributed by atoms with Gasteiger partial charge in [-0.15, -0.1) is 0 Å². The summed E-state index contributed by atoms with van der Waals surface area (Å²) in [7, 11) is 0. The van der Waals surface area contributed by atoms with E-state index in [2.05, 4.69) is 32.0 Å². The maximum atomic E-state index is 6.49. The molecule has 18 heavy (non-hydrogen) atoms. The molecule has 3 rings (SSSR count). The molecule has 0 amide bonds. The van der Waals surface area contributed by atoms with Crippen LogP contribution in [0.2, 0.25) is 0 Å². The number of benzene rings is 1. The molecule has 0 spiro atoms. The van der Waals surface area contributed by atoms with Crippen LogP contribution in [-0.4, -0.2) is 6.04 Å². The second-order valence-electron chi connectivity index (χ2n) is 6.49.